The largest absolute Gasteiger partial charge is 0.496 e. The number of esters is 1. The van der Waals surface area contributed by atoms with Crippen molar-refractivity contribution < 1.29 is 19.1 Å². The number of carbonyl (C=O) groups is 2. The second kappa shape index (κ2) is 8.52. The van der Waals surface area contributed by atoms with E-state index in [9.17, 15) is 14.9 Å². The lowest BCUT2D eigenvalue weighted by molar-refractivity contribution is -0.143. The maximum absolute atomic E-state index is 12.9. The van der Waals surface area contributed by atoms with Crippen LogP contribution in [-0.4, -0.2) is 42.6 Å². The van der Waals surface area contributed by atoms with E-state index >= 15 is 0 Å². The molecule has 1 aliphatic carbocycles. The van der Waals surface area contributed by atoms with Gasteiger partial charge in [0.05, 0.1) is 18.7 Å². The first kappa shape index (κ1) is 20.7. The summed E-state index contributed by atoms with van der Waals surface area (Å²) in [5, 5.41) is 11.2. The van der Waals surface area contributed by atoms with Gasteiger partial charge < -0.3 is 14.4 Å². The minimum absolute atomic E-state index is 0.361. The van der Waals surface area contributed by atoms with Crippen LogP contribution < -0.4 is 4.74 Å². The number of methoxy groups -OCH3 is 1. The van der Waals surface area contributed by atoms with Crippen molar-refractivity contribution in [2.24, 2.45) is 0 Å². The van der Waals surface area contributed by atoms with E-state index in [4.69, 9.17) is 9.47 Å². The zero-order valence-electron chi connectivity index (χ0n) is 17.1. The Labute approximate surface area is 171 Å². The molecule has 0 aromatic heterocycles. The Morgan fingerprint density at radius 2 is 1.76 bits per heavy atom. The molecular formula is C23H26N2O4. The fourth-order valence-corrected chi connectivity index (χ4v) is 4.04. The highest BCUT2D eigenvalue weighted by molar-refractivity contribution is 6.07. The minimum atomic E-state index is -0.986. The number of benzene rings is 2. The topological polar surface area (TPSA) is 79.6 Å². The molecule has 152 valence electrons. The number of carbonyl (C=O) groups excluding carboxylic acids is 2. The van der Waals surface area contributed by atoms with Crippen molar-refractivity contribution in [2.75, 3.05) is 14.2 Å². The molecule has 1 saturated carbocycles. The lowest BCUT2D eigenvalue weighted by atomic mass is 9.81. The highest BCUT2D eigenvalue weighted by atomic mass is 16.5. The summed E-state index contributed by atoms with van der Waals surface area (Å²) in [4.78, 5) is 27.2. The number of rotatable bonds is 5. The SMILES string of the molecule is COc1ccc(C(=O)O[C@@H](C)C(=O)N(C)C2(C#N)CCCCC2)c2ccccc12. The Morgan fingerprint density at radius 3 is 2.38 bits per heavy atom. The van der Waals surface area contributed by atoms with Crippen molar-refractivity contribution in [2.45, 2.75) is 50.7 Å². The molecule has 1 fully saturated rings. The van der Waals surface area contributed by atoms with E-state index in [1.807, 2.05) is 24.3 Å². The summed E-state index contributed by atoms with van der Waals surface area (Å²) in [6.45, 7) is 1.55. The van der Waals surface area contributed by atoms with E-state index in [2.05, 4.69) is 6.07 Å². The monoisotopic (exact) mass is 394 g/mol. The van der Waals surface area contributed by atoms with Crippen LogP contribution in [0.5, 0.6) is 5.75 Å². The third-order valence-corrected chi connectivity index (χ3v) is 5.82. The average molecular weight is 394 g/mol. The summed E-state index contributed by atoms with van der Waals surface area (Å²) >= 11 is 0. The van der Waals surface area contributed by atoms with Gasteiger partial charge >= 0.3 is 5.97 Å². The van der Waals surface area contributed by atoms with Gasteiger partial charge in [-0.05, 0) is 37.3 Å². The van der Waals surface area contributed by atoms with Crippen molar-refractivity contribution >= 4 is 22.6 Å². The third kappa shape index (κ3) is 3.91. The van der Waals surface area contributed by atoms with Crippen molar-refractivity contribution in [1.82, 2.24) is 4.90 Å². The van der Waals surface area contributed by atoms with Gasteiger partial charge in [-0.2, -0.15) is 5.26 Å². The van der Waals surface area contributed by atoms with Gasteiger partial charge in [-0.1, -0.05) is 43.5 Å². The molecule has 1 amide bonds. The van der Waals surface area contributed by atoms with Crippen LogP contribution in [0.4, 0.5) is 0 Å². The second-order valence-corrected chi connectivity index (χ2v) is 7.51. The lowest BCUT2D eigenvalue weighted by Crippen LogP contribution is -2.53. The van der Waals surface area contributed by atoms with Crippen LogP contribution in [0.15, 0.2) is 36.4 Å². The number of amides is 1. The summed E-state index contributed by atoms with van der Waals surface area (Å²) in [6.07, 6.45) is 3.21. The van der Waals surface area contributed by atoms with Gasteiger partial charge in [-0.25, -0.2) is 4.79 Å². The number of likely N-dealkylation sites (N-methyl/N-ethyl adjacent to an activating group) is 1. The zero-order valence-corrected chi connectivity index (χ0v) is 17.1. The van der Waals surface area contributed by atoms with Crippen LogP contribution in [0.2, 0.25) is 0 Å². The first-order chi connectivity index (χ1) is 13.9. The normalized spacial score (nSPS) is 16.5. The first-order valence-electron chi connectivity index (χ1n) is 9.89. The van der Waals surface area contributed by atoms with Gasteiger partial charge in [0.2, 0.25) is 0 Å². The lowest BCUT2D eigenvalue weighted by Gasteiger charge is -2.39. The highest BCUT2D eigenvalue weighted by Crippen LogP contribution is 2.33. The number of nitrogens with zero attached hydrogens (tertiary/aromatic N) is 2. The molecule has 0 saturated heterocycles. The maximum atomic E-state index is 12.9. The summed E-state index contributed by atoms with van der Waals surface area (Å²) < 4.78 is 10.9. The molecule has 0 unspecified atom stereocenters. The Hall–Kier alpha value is -3.07. The van der Waals surface area contributed by atoms with Gasteiger partial charge in [0.1, 0.15) is 11.3 Å². The molecule has 6 nitrogen and oxygen atoms in total. The van der Waals surface area contributed by atoms with E-state index in [-0.39, 0.29) is 5.91 Å². The predicted molar refractivity (Wildman–Crippen MR) is 110 cm³/mol. The van der Waals surface area contributed by atoms with Crippen molar-refractivity contribution in [3.8, 4) is 11.8 Å². The molecule has 0 radical (unpaired) electrons. The molecule has 0 N–H and O–H groups in total. The minimum Gasteiger partial charge on any atom is -0.496 e. The molecule has 2 aromatic rings. The summed E-state index contributed by atoms with van der Waals surface area (Å²) in [5.41, 5.74) is -0.445. The van der Waals surface area contributed by atoms with E-state index in [0.29, 0.717) is 29.5 Å². The molecule has 0 spiro atoms. The molecule has 6 heteroatoms. The van der Waals surface area contributed by atoms with Gasteiger partial charge in [0, 0.05) is 12.4 Å². The number of ether oxygens (including phenoxy) is 2. The fourth-order valence-electron chi connectivity index (χ4n) is 4.04. The summed E-state index contributed by atoms with van der Waals surface area (Å²) in [7, 11) is 3.20. The van der Waals surface area contributed by atoms with E-state index in [1.165, 1.54) is 4.90 Å². The number of nitriles is 1. The van der Waals surface area contributed by atoms with Crippen LogP contribution in [0.25, 0.3) is 10.8 Å². The Balaban J connectivity index is 1.80. The molecule has 1 aliphatic rings. The number of fused-ring (bicyclic) bond motifs is 1. The van der Waals surface area contributed by atoms with Crippen LogP contribution in [0.1, 0.15) is 49.4 Å². The molecular weight excluding hydrogens is 368 g/mol. The zero-order chi connectivity index (χ0) is 21.0. The molecule has 0 bridgehead atoms. The Bertz CT molecular complexity index is 957. The van der Waals surface area contributed by atoms with Crippen LogP contribution in [-0.2, 0) is 9.53 Å². The van der Waals surface area contributed by atoms with E-state index in [1.54, 1.807) is 33.2 Å². The van der Waals surface area contributed by atoms with Crippen molar-refractivity contribution in [3.05, 3.63) is 42.0 Å². The number of hydrogen-bond donors (Lipinski definition) is 0. The van der Waals surface area contributed by atoms with Gasteiger partial charge in [0.25, 0.3) is 5.91 Å². The summed E-state index contributed by atoms with van der Waals surface area (Å²) in [5.74, 6) is -0.276. The Kier molecular flexibility index (Phi) is 6.07. The summed E-state index contributed by atoms with van der Waals surface area (Å²) in [6, 6.07) is 13.1. The van der Waals surface area contributed by atoms with Crippen LogP contribution in [0.3, 0.4) is 0 Å². The second-order valence-electron chi connectivity index (χ2n) is 7.51. The maximum Gasteiger partial charge on any atom is 0.339 e. The predicted octanol–water partition coefficient (Wildman–Crippen LogP) is 4.08. The van der Waals surface area contributed by atoms with E-state index in [0.717, 1.165) is 24.6 Å². The van der Waals surface area contributed by atoms with Crippen molar-refractivity contribution in [3.63, 3.8) is 0 Å². The average Bonchev–Trinajstić information content (AvgIpc) is 2.77. The van der Waals surface area contributed by atoms with Gasteiger partial charge in [0.15, 0.2) is 6.10 Å². The van der Waals surface area contributed by atoms with Crippen LogP contribution >= 0.6 is 0 Å². The van der Waals surface area contributed by atoms with Gasteiger partial charge in [-0.15, -0.1) is 0 Å². The molecule has 29 heavy (non-hydrogen) atoms. The number of hydrogen-bond acceptors (Lipinski definition) is 5. The van der Waals surface area contributed by atoms with E-state index < -0.39 is 17.6 Å². The van der Waals surface area contributed by atoms with Gasteiger partial charge in [-0.3, -0.25) is 4.79 Å². The molecule has 0 heterocycles. The smallest absolute Gasteiger partial charge is 0.339 e. The quantitative estimate of drug-likeness (QED) is 0.714. The standard InChI is InChI=1S/C23H26N2O4/c1-16(21(26)25(2)23(15-24)13-7-4-8-14-23)29-22(27)19-11-12-20(28-3)18-10-6-5-9-17(18)19/h5-6,9-12,16H,4,7-8,13-14H2,1-3H3/t16-/m0/s1. The molecule has 2 aromatic carbocycles. The van der Waals surface area contributed by atoms with Crippen LogP contribution in [0, 0.1) is 11.3 Å². The fraction of sp³-hybridized carbons (Fsp3) is 0.435. The highest BCUT2D eigenvalue weighted by Gasteiger charge is 2.40. The first-order valence-corrected chi connectivity index (χ1v) is 9.89. The molecule has 0 aliphatic heterocycles. The molecule has 3 rings (SSSR count). The van der Waals surface area contributed by atoms with Crippen molar-refractivity contribution in [1.29, 1.82) is 5.26 Å². The Morgan fingerprint density at radius 1 is 1.10 bits per heavy atom. The molecule has 1 atom stereocenters. The third-order valence-electron chi connectivity index (χ3n) is 5.82.